The predicted octanol–water partition coefficient (Wildman–Crippen LogP) is 9.80. The maximum absolute atomic E-state index is 6.69. The van der Waals surface area contributed by atoms with E-state index in [4.69, 9.17) is 19.4 Å². The molecule has 3 heterocycles. The molecule has 0 aliphatic heterocycles. The van der Waals surface area contributed by atoms with Crippen LogP contribution in [0.4, 0.5) is 0 Å². The van der Waals surface area contributed by atoms with Crippen LogP contribution in [0.1, 0.15) is 18.2 Å². The van der Waals surface area contributed by atoms with Crippen molar-refractivity contribution >= 4 is 43.7 Å². The van der Waals surface area contributed by atoms with Crippen molar-refractivity contribution in [2.24, 2.45) is 0 Å². The van der Waals surface area contributed by atoms with Crippen molar-refractivity contribution in [2.75, 3.05) is 0 Å². The number of benzene rings is 5. The van der Waals surface area contributed by atoms with Gasteiger partial charge in [0.25, 0.3) is 0 Å². The molecular weight excluding hydrogens is 540 g/mol. The lowest BCUT2D eigenvalue weighted by atomic mass is 10.00. The molecule has 0 N–H and O–H groups in total. The number of hydrogen-bond acceptors (Lipinski definition) is 4. The number of nitrogens with zero attached hydrogens (tertiary/aromatic N) is 4. The molecule has 8 aromatic rings. The van der Waals surface area contributed by atoms with Gasteiger partial charge in [0.05, 0.1) is 16.6 Å². The van der Waals surface area contributed by atoms with Gasteiger partial charge in [-0.3, -0.25) is 0 Å². The number of para-hydroxylation sites is 3. The zero-order chi connectivity index (χ0) is 29.0. The van der Waals surface area contributed by atoms with Crippen LogP contribution in [0.5, 0.6) is 0 Å². The molecule has 1 aliphatic carbocycles. The first kappa shape index (κ1) is 24.8. The molecule has 5 aromatic carbocycles. The third-order valence-electron chi connectivity index (χ3n) is 8.56. The van der Waals surface area contributed by atoms with Gasteiger partial charge in [-0.1, -0.05) is 103 Å². The number of allylic oxidation sites excluding steroid dienone is 4. The summed E-state index contributed by atoms with van der Waals surface area (Å²) in [5.74, 6) is 2.13. The van der Waals surface area contributed by atoms with Crippen molar-refractivity contribution in [1.82, 2.24) is 19.5 Å². The van der Waals surface area contributed by atoms with Gasteiger partial charge < -0.3 is 8.98 Å². The molecule has 0 fully saturated rings. The highest BCUT2D eigenvalue weighted by atomic mass is 16.3. The van der Waals surface area contributed by atoms with E-state index in [1.54, 1.807) is 0 Å². The summed E-state index contributed by atoms with van der Waals surface area (Å²) in [7, 11) is 0. The molecule has 9 rings (SSSR count). The average molecular weight is 567 g/mol. The van der Waals surface area contributed by atoms with Crippen molar-refractivity contribution in [1.29, 1.82) is 0 Å². The summed E-state index contributed by atoms with van der Waals surface area (Å²) in [6.45, 7) is 0. The fourth-order valence-corrected chi connectivity index (χ4v) is 6.47. The Labute approximate surface area is 253 Å². The molecule has 208 valence electrons. The first-order chi connectivity index (χ1) is 21.8. The molecule has 1 unspecified atom stereocenters. The zero-order valence-electron chi connectivity index (χ0n) is 23.8. The maximum atomic E-state index is 6.69. The topological polar surface area (TPSA) is 56.7 Å². The Kier molecular flexibility index (Phi) is 5.56. The minimum Gasteiger partial charge on any atom is -0.455 e. The molecule has 1 aliphatic rings. The van der Waals surface area contributed by atoms with E-state index in [1.165, 1.54) is 21.8 Å². The van der Waals surface area contributed by atoms with E-state index in [2.05, 4.69) is 108 Å². The lowest BCUT2D eigenvalue weighted by molar-refractivity contribution is 0.669. The van der Waals surface area contributed by atoms with E-state index in [1.807, 2.05) is 36.4 Å². The summed E-state index contributed by atoms with van der Waals surface area (Å²) in [5, 5.41) is 4.57. The van der Waals surface area contributed by atoms with Crippen LogP contribution in [0.15, 0.2) is 144 Å². The minimum atomic E-state index is 0.0906. The Morgan fingerprint density at radius 1 is 0.614 bits per heavy atom. The molecule has 0 radical (unpaired) electrons. The monoisotopic (exact) mass is 566 g/mol. The molecule has 44 heavy (non-hydrogen) atoms. The number of furan rings is 1. The summed E-state index contributed by atoms with van der Waals surface area (Å²) in [4.78, 5) is 14.9. The summed E-state index contributed by atoms with van der Waals surface area (Å²) >= 11 is 0. The van der Waals surface area contributed by atoms with Crippen LogP contribution in [0.2, 0.25) is 0 Å². The molecule has 0 bridgehead atoms. The standard InChI is InChI=1S/C39H26N4O/c1-3-12-25(13-4-1)37-40-38(26-14-5-2-6-15-26)42-39(41-37)32-19-11-18-31-30-23-22-27(24-35(30)44-36(31)32)43-33-20-9-7-16-28(33)29-17-8-10-21-34(29)43/h1-14,16-24,26H,15H2. The van der Waals surface area contributed by atoms with Crippen LogP contribution < -0.4 is 0 Å². The second-order valence-electron chi connectivity index (χ2n) is 11.2. The van der Waals surface area contributed by atoms with Crippen LogP contribution >= 0.6 is 0 Å². The van der Waals surface area contributed by atoms with E-state index in [0.717, 1.165) is 51.0 Å². The summed E-state index contributed by atoms with van der Waals surface area (Å²) in [6, 6.07) is 39.9. The summed E-state index contributed by atoms with van der Waals surface area (Å²) in [5.41, 5.74) is 6.81. The summed E-state index contributed by atoms with van der Waals surface area (Å²) < 4.78 is 9.01. The second kappa shape index (κ2) is 9.89. The fourth-order valence-electron chi connectivity index (χ4n) is 6.47. The second-order valence-corrected chi connectivity index (χ2v) is 11.2. The minimum absolute atomic E-state index is 0.0906. The Balaban J connectivity index is 1.24. The Hall–Kier alpha value is -5.81. The van der Waals surface area contributed by atoms with E-state index < -0.39 is 0 Å². The van der Waals surface area contributed by atoms with E-state index in [9.17, 15) is 0 Å². The molecule has 5 heteroatoms. The van der Waals surface area contributed by atoms with E-state index in [0.29, 0.717) is 11.6 Å². The van der Waals surface area contributed by atoms with Gasteiger partial charge in [-0.2, -0.15) is 0 Å². The number of hydrogen-bond donors (Lipinski definition) is 0. The normalized spacial score (nSPS) is 14.8. The van der Waals surface area contributed by atoms with Crippen LogP contribution in [-0.4, -0.2) is 19.5 Å². The number of aromatic nitrogens is 4. The van der Waals surface area contributed by atoms with Crippen LogP contribution in [0, 0.1) is 0 Å². The molecular formula is C39H26N4O. The Morgan fingerprint density at radius 3 is 2.11 bits per heavy atom. The molecule has 0 saturated carbocycles. The third kappa shape index (κ3) is 3.90. The number of rotatable bonds is 4. The fraction of sp³-hybridized carbons (Fsp3) is 0.0513. The van der Waals surface area contributed by atoms with Crippen LogP contribution in [-0.2, 0) is 0 Å². The average Bonchev–Trinajstić information content (AvgIpc) is 3.64. The van der Waals surface area contributed by atoms with Gasteiger partial charge in [0, 0.05) is 44.8 Å². The Bertz CT molecular complexity index is 2380. The molecule has 0 spiro atoms. The third-order valence-corrected chi connectivity index (χ3v) is 8.56. The molecule has 0 saturated heterocycles. The van der Waals surface area contributed by atoms with Crippen LogP contribution in [0.25, 0.3) is 72.2 Å². The smallest absolute Gasteiger partial charge is 0.167 e. The van der Waals surface area contributed by atoms with Crippen LogP contribution in [0.3, 0.4) is 0 Å². The highest BCUT2D eigenvalue weighted by molar-refractivity contribution is 6.11. The van der Waals surface area contributed by atoms with Gasteiger partial charge in [-0.15, -0.1) is 0 Å². The zero-order valence-corrected chi connectivity index (χ0v) is 23.8. The first-order valence-electron chi connectivity index (χ1n) is 14.9. The molecule has 5 nitrogen and oxygen atoms in total. The van der Waals surface area contributed by atoms with Gasteiger partial charge in [0.15, 0.2) is 11.6 Å². The van der Waals surface area contributed by atoms with Crippen molar-refractivity contribution in [2.45, 2.75) is 12.3 Å². The maximum Gasteiger partial charge on any atom is 0.167 e. The van der Waals surface area contributed by atoms with Gasteiger partial charge in [0.2, 0.25) is 0 Å². The van der Waals surface area contributed by atoms with Gasteiger partial charge in [-0.25, -0.2) is 15.0 Å². The molecule has 3 aromatic heterocycles. The van der Waals surface area contributed by atoms with E-state index in [-0.39, 0.29) is 5.92 Å². The number of fused-ring (bicyclic) bond motifs is 6. The highest BCUT2D eigenvalue weighted by Crippen LogP contribution is 2.38. The SMILES string of the molecule is C1=CCC(c2nc(-c3ccccc3)nc(-c3cccc4c3oc3cc(-n5c6ccccc6c6ccccc65)ccc34)n2)C=C1. The van der Waals surface area contributed by atoms with Gasteiger partial charge in [-0.05, 0) is 36.8 Å². The molecule has 1 atom stereocenters. The first-order valence-corrected chi connectivity index (χ1v) is 14.9. The quantitative estimate of drug-likeness (QED) is 0.213. The van der Waals surface area contributed by atoms with Crippen molar-refractivity contribution in [3.63, 3.8) is 0 Å². The van der Waals surface area contributed by atoms with Crippen molar-refractivity contribution in [3.05, 3.63) is 145 Å². The Morgan fingerprint density at radius 2 is 1.34 bits per heavy atom. The van der Waals surface area contributed by atoms with Crippen molar-refractivity contribution in [3.8, 4) is 28.5 Å². The lowest BCUT2D eigenvalue weighted by Gasteiger charge is -2.14. The molecule has 0 amide bonds. The van der Waals surface area contributed by atoms with Gasteiger partial charge >= 0.3 is 0 Å². The predicted molar refractivity (Wildman–Crippen MR) is 178 cm³/mol. The highest BCUT2D eigenvalue weighted by Gasteiger charge is 2.21. The lowest BCUT2D eigenvalue weighted by Crippen LogP contribution is -2.07. The van der Waals surface area contributed by atoms with Gasteiger partial charge in [0.1, 0.15) is 17.0 Å². The summed E-state index contributed by atoms with van der Waals surface area (Å²) in [6.07, 6.45) is 9.30. The van der Waals surface area contributed by atoms with Crippen molar-refractivity contribution < 1.29 is 4.42 Å². The largest absolute Gasteiger partial charge is 0.455 e. The van der Waals surface area contributed by atoms with E-state index >= 15 is 0 Å².